The highest BCUT2D eigenvalue weighted by Crippen LogP contribution is 2.60. The predicted octanol–water partition coefficient (Wildman–Crippen LogP) is 4.18. The minimum absolute atomic E-state index is 0.0880. The molecule has 1 heterocycles. The van der Waals surface area contributed by atoms with Crippen LogP contribution in [0.4, 0.5) is 9.52 Å². The van der Waals surface area contributed by atoms with Crippen molar-refractivity contribution < 1.29 is 17.6 Å². The number of carbonyl (C=O) groups is 1. The molecular formula is C17H16Cl2FN3O3S2. The van der Waals surface area contributed by atoms with Gasteiger partial charge in [0.15, 0.2) is 0 Å². The topological polar surface area (TPSA) is 89.0 Å². The summed E-state index contributed by atoms with van der Waals surface area (Å²) >= 11 is 12.1. The monoisotopic (exact) mass is 463 g/mol. The quantitative estimate of drug-likeness (QED) is 0.648. The van der Waals surface area contributed by atoms with E-state index in [-0.39, 0.29) is 42.9 Å². The molecule has 6 nitrogen and oxygen atoms in total. The second kappa shape index (κ2) is 7.70. The molecule has 2 atom stereocenters. The highest BCUT2D eigenvalue weighted by atomic mass is 35.5. The van der Waals surface area contributed by atoms with Crippen LogP contribution < -0.4 is 5.32 Å². The fraction of sp³-hybridized carbons (Fsp3) is 0.353. The Kier molecular flexibility index (Phi) is 5.82. The minimum Gasteiger partial charge on any atom is -0.300 e. The number of hydrogen-bond donors (Lipinski definition) is 1. The molecule has 0 radical (unpaired) electrons. The molecule has 2 aromatic rings. The molecule has 1 aliphatic rings. The van der Waals surface area contributed by atoms with Gasteiger partial charge in [0.2, 0.25) is 25.2 Å². The van der Waals surface area contributed by atoms with Crippen molar-refractivity contribution in [2.75, 3.05) is 5.32 Å². The third-order valence-corrected chi connectivity index (χ3v) is 7.90. The third-order valence-electron chi connectivity index (χ3n) is 4.67. The van der Waals surface area contributed by atoms with Gasteiger partial charge in [-0.25, -0.2) is 12.8 Å². The molecule has 0 aliphatic heterocycles. The molecule has 11 heteroatoms. The first kappa shape index (κ1) is 21.2. The van der Waals surface area contributed by atoms with Gasteiger partial charge >= 0.3 is 0 Å². The van der Waals surface area contributed by atoms with Crippen LogP contribution in [0.1, 0.15) is 19.4 Å². The fourth-order valence-corrected chi connectivity index (χ4v) is 5.65. The number of halogens is 3. The number of allylic oxidation sites excluding steroid dienone is 1. The maximum atomic E-state index is 13.0. The van der Waals surface area contributed by atoms with Crippen LogP contribution in [-0.2, 0) is 20.4 Å². The number of benzene rings is 1. The predicted molar refractivity (Wildman–Crippen MR) is 106 cm³/mol. The summed E-state index contributed by atoms with van der Waals surface area (Å²) in [5, 5.41) is 10.1. The molecule has 1 amide bonds. The van der Waals surface area contributed by atoms with Gasteiger partial charge in [-0.15, -0.1) is 10.2 Å². The number of amides is 1. The summed E-state index contributed by atoms with van der Waals surface area (Å²) in [6.07, 6.45) is 1.62. The lowest BCUT2D eigenvalue weighted by molar-refractivity contribution is -0.118. The van der Waals surface area contributed by atoms with Gasteiger partial charge in [0, 0.05) is 0 Å². The van der Waals surface area contributed by atoms with Crippen molar-refractivity contribution in [1.29, 1.82) is 0 Å². The summed E-state index contributed by atoms with van der Waals surface area (Å²) in [6, 6.07) is 5.15. The van der Waals surface area contributed by atoms with Crippen molar-refractivity contribution in [1.82, 2.24) is 10.2 Å². The SMILES string of the molecule is CC1(C)[C@H](C(=O)Nc2nnc(S(=O)(=O)Cc3ccc(F)cc3)s2)[C@@H]1C=C(Cl)Cl. The van der Waals surface area contributed by atoms with Crippen LogP contribution in [0.25, 0.3) is 0 Å². The van der Waals surface area contributed by atoms with E-state index in [1.54, 1.807) is 6.08 Å². The van der Waals surface area contributed by atoms with Gasteiger partial charge in [-0.2, -0.15) is 0 Å². The number of hydrogen-bond acceptors (Lipinski definition) is 6. The van der Waals surface area contributed by atoms with E-state index < -0.39 is 15.7 Å². The molecule has 0 bridgehead atoms. The summed E-state index contributed by atoms with van der Waals surface area (Å²) in [7, 11) is -3.77. The van der Waals surface area contributed by atoms with Crippen molar-refractivity contribution in [3.8, 4) is 0 Å². The number of carbonyl (C=O) groups excluding carboxylic acids is 1. The zero-order chi connectivity index (χ0) is 20.7. The Morgan fingerprint density at radius 2 is 1.93 bits per heavy atom. The van der Waals surface area contributed by atoms with Gasteiger partial charge in [0.25, 0.3) is 0 Å². The maximum absolute atomic E-state index is 13.0. The molecule has 0 spiro atoms. The standard InChI is InChI=1S/C17H16Cl2FN3O3S2/c1-17(2)11(7-12(18)19)13(17)14(24)21-15-22-23-16(27-15)28(25,26)8-9-3-5-10(20)6-4-9/h3-7,11,13H,8H2,1-2H3,(H,21,22,24)/t11-,13-/m0/s1. The number of anilines is 1. The lowest BCUT2D eigenvalue weighted by atomic mass is 10.1. The van der Waals surface area contributed by atoms with Crippen LogP contribution in [0.15, 0.2) is 39.2 Å². The normalized spacial score (nSPS) is 20.5. The van der Waals surface area contributed by atoms with E-state index in [0.29, 0.717) is 5.56 Å². The van der Waals surface area contributed by atoms with Crippen LogP contribution in [-0.4, -0.2) is 24.5 Å². The summed E-state index contributed by atoms with van der Waals surface area (Å²) in [6.45, 7) is 3.82. The maximum Gasteiger partial charge on any atom is 0.234 e. The molecule has 0 unspecified atom stereocenters. The largest absolute Gasteiger partial charge is 0.300 e. The average molecular weight is 464 g/mol. The highest BCUT2D eigenvalue weighted by Gasteiger charge is 2.60. The van der Waals surface area contributed by atoms with E-state index in [2.05, 4.69) is 15.5 Å². The second-order valence-corrected chi connectivity index (χ2v) is 11.2. The number of nitrogens with one attached hydrogen (secondary N) is 1. The third kappa shape index (κ3) is 4.53. The van der Waals surface area contributed by atoms with E-state index in [0.717, 1.165) is 11.3 Å². The molecule has 1 saturated carbocycles. The summed E-state index contributed by atoms with van der Waals surface area (Å²) < 4.78 is 37.8. The van der Waals surface area contributed by atoms with Crippen LogP contribution >= 0.6 is 34.5 Å². The minimum atomic E-state index is -3.77. The molecule has 1 aromatic carbocycles. The van der Waals surface area contributed by atoms with Crippen molar-refractivity contribution in [2.24, 2.45) is 17.3 Å². The molecule has 1 aromatic heterocycles. The first-order valence-corrected chi connectivity index (χ1v) is 11.4. The Morgan fingerprint density at radius 1 is 1.29 bits per heavy atom. The lowest BCUT2D eigenvalue weighted by Crippen LogP contribution is -2.16. The number of nitrogens with zero attached hydrogens (tertiary/aromatic N) is 2. The molecule has 1 aliphatic carbocycles. The van der Waals surface area contributed by atoms with Crippen LogP contribution in [0, 0.1) is 23.1 Å². The molecule has 3 rings (SSSR count). The first-order valence-electron chi connectivity index (χ1n) is 8.15. The molecule has 1 fully saturated rings. The molecule has 0 saturated heterocycles. The zero-order valence-electron chi connectivity index (χ0n) is 14.8. The number of aromatic nitrogens is 2. The molecule has 28 heavy (non-hydrogen) atoms. The van der Waals surface area contributed by atoms with Gasteiger partial charge in [-0.3, -0.25) is 4.79 Å². The van der Waals surface area contributed by atoms with Crippen LogP contribution in [0.5, 0.6) is 0 Å². The number of sulfone groups is 1. The van der Waals surface area contributed by atoms with E-state index in [4.69, 9.17) is 23.2 Å². The smallest absolute Gasteiger partial charge is 0.234 e. The van der Waals surface area contributed by atoms with Gasteiger partial charge < -0.3 is 5.32 Å². The van der Waals surface area contributed by atoms with E-state index in [9.17, 15) is 17.6 Å². The van der Waals surface area contributed by atoms with Crippen molar-refractivity contribution in [2.45, 2.75) is 23.9 Å². The van der Waals surface area contributed by atoms with E-state index in [1.807, 2.05) is 13.8 Å². The molecule has 1 N–H and O–H groups in total. The highest BCUT2D eigenvalue weighted by molar-refractivity contribution is 7.92. The van der Waals surface area contributed by atoms with Crippen molar-refractivity contribution in [3.63, 3.8) is 0 Å². The Morgan fingerprint density at radius 3 is 2.54 bits per heavy atom. The molecule has 150 valence electrons. The zero-order valence-corrected chi connectivity index (χ0v) is 18.0. The van der Waals surface area contributed by atoms with Gasteiger partial charge in [-0.05, 0) is 35.1 Å². The second-order valence-electron chi connectivity index (χ2n) is 7.03. The van der Waals surface area contributed by atoms with E-state index in [1.165, 1.54) is 24.3 Å². The van der Waals surface area contributed by atoms with E-state index >= 15 is 0 Å². The fourth-order valence-electron chi connectivity index (χ4n) is 3.06. The Labute approximate surface area is 175 Å². The summed E-state index contributed by atoms with van der Waals surface area (Å²) in [4.78, 5) is 12.5. The first-order chi connectivity index (χ1) is 13.0. The molecular weight excluding hydrogens is 448 g/mol. The van der Waals surface area contributed by atoms with Crippen molar-refractivity contribution in [3.05, 3.63) is 46.2 Å². The van der Waals surface area contributed by atoms with Gasteiger partial charge in [0.1, 0.15) is 10.3 Å². The van der Waals surface area contributed by atoms with Gasteiger partial charge in [0.05, 0.1) is 11.7 Å². The summed E-state index contributed by atoms with van der Waals surface area (Å²) in [5.74, 6) is -1.57. The van der Waals surface area contributed by atoms with Crippen LogP contribution in [0.2, 0.25) is 0 Å². The number of rotatable bonds is 6. The Balaban J connectivity index is 1.69. The van der Waals surface area contributed by atoms with Crippen molar-refractivity contribution >= 4 is 55.4 Å². The lowest BCUT2D eigenvalue weighted by Gasteiger charge is -2.02. The van der Waals surface area contributed by atoms with Crippen LogP contribution in [0.3, 0.4) is 0 Å². The Bertz CT molecular complexity index is 1030. The Hall–Kier alpha value is -1.55. The average Bonchev–Trinajstić information content (AvgIpc) is 2.93. The summed E-state index contributed by atoms with van der Waals surface area (Å²) in [5.41, 5.74) is 0.107. The van der Waals surface area contributed by atoms with Gasteiger partial charge in [-0.1, -0.05) is 60.5 Å².